The van der Waals surface area contributed by atoms with Crippen molar-refractivity contribution in [1.82, 2.24) is 14.7 Å². The Morgan fingerprint density at radius 2 is 2.20 bits per heavy atom. The molecular weight excluding hydrogens is 322 g/mol. The number of carbonyl (C=O) groups is 1. The van der Waals surface area contributed by atoms with Crippen molar-refractivity contribution in [3.63, 3.8) is 0 Å². The van der Waals surface area contributed by atoms with Gasteiger partial charge in [0.25, 0.3) is 0 Å². The van der Waals surface area contributed by atoms with Crippen LogP contribution in [-0.4, -0.2) is 38.3 Å². The fraction of sp³-hybridized carbons (Fsp3) is 0.714. The van der Waals surface area contributed by atoms with E-state index >= 15 is 0 Å². The minimum absolute atomic E-state index is 0.204. The molecule has 112 valence electrons. The molecule has 1 aromatic rings. The third kappa shape index (κ3) is 2.76. The first-order valence-electron chi connectivity index (χ1n) is 7.20. The smallest absolute Gasteiger partial charge is 0.321 e. The summed E-state index contributed by atoms with van der Waals surface area (Å²) < 4.78 is 3.01. The summed E-state index contributed by atoms with van der Waals surface area (Å²) in [7, 11) is 0. The molecule has 0 amide bonds. The van der Waals surface area contributed by atoms with Gasteiger partial charge in [-0.05, 0) is 48.2 Å². The maximum absolute atomic E-state index is 11.4. The number of rotatable bonds is 5. The molecule has 0 aliphatic carbocycles. The number of hydrogen-bond donors (Lipinski definition) is 1. The Morgan fingerprint density at radius 3 is 2.75 bits per heavy atom. The predicted molar refractivity (Wildman–Crippen MR) is 80.6 cm³/mol. The molecule has 5 nitrogen and oxygen atoms in total. The van der Waals surface area contributed by atoms with E-state index < -0.39 is 5.97 Å². The average Bonchev–Trinajstić information content (AvgIpc) is 2.92. The number of carboxylic acids is 1. The molecule has 0 spiro atoms. The SMILES string of the molecule is CCc1nn(CC)c(CN2CCC(C)C2C(=O)O)c1Br. The van der Waals surface area contributed by atoms with E-state index in [9.17, 15) is 9.90 Å². The Kier molecular flexibility index (Phi) is 4.86. The predicted octanol–water partition coefficient (Wildman–Crippen LogP) is 2.52. The first kappa shape index (κ1) is 15.5. The van der Waals surface area contributed by atoms with Crippen LogP contribution in [0.4, 0.5) is 0 Å². The topological polar surface area (TPSA) is 58.4 Å². The summed E-state index contributed by atoms with van der Waals surface area (Å²) in [5.74, 6) is -0.515. The van der Waals surface area contributed by atoms with Gasteiger partial charge in [-0.2, -0.15) is 5.10 Å². The van der Waals surface area contributed by atoms with Gasteiger partial charge in [-0.1, -0.05) is 13.8 Å². The molecule has 2 unspecified atom stereocenters. The fourth-order valence-electron chi connectivity index (χ4n) is 2.96. The van der Waals surface area contributed by atoms with E-state index in [1.54, 1.807) is 0 Å². The summed E-state index contributed by atoms with van der Waals surface area (Å²) in [6.45, 7) is 8.43. The molecule has 1 fully saturated rings. The Labute approximate surface area is 128 Å². The van der Waals surface area contributed by atoms with Crippen molar-refractivity contribution in [2.45, 2.75) is 52.7 Å². The lowest BCUT2D eigenvalue weighted by Crippen LogP contribution is -2.39. The lowest BCUT2D eigenvalue weighted by atomic mass is 10.0. The van der Waals surface area contributed by atoms with Crippen LogP contribution in [0.5, 0.6) is 0 Å². The third-order valence-corrected chi connectivity index (χ3v) is 5.02. The molecular formula is C14H22BrN3O2. The van der Waals surface area contributed by atoms with Gasteiger partial charge in [0, 0.05) is 13.1 Å². The molecule has 6 heteroatoms. The van der Waals surface area contributed by atoms with Crippen LogP contribution in [0.1, 0.15) is 38.6 Å². The number of hydrogen-bond acceptors (Lipinski definition) is 3. The maximum atomic E-state index is 11.4. The van der Waals surface area contributed by atoms with Crippen molar-refractivity contribution in [3.8, 4) is 0 Å². The van der Waals surface area contributed by atoms with Crippen LogP contribution in [0, 0.1) is 5.92 Å². The van der Waals surface area contributed by atoms with Crippen LogP contribution in [0.25, 0.3) is 0 Å². The van der Waals surface area contributed by atoms with Crippen molar-refractivity contribution in [2.24, 2.45) is 5.92 Å². The highest BCUT2D eigenvalue weighted by Crippen LogP contribution is 2.29. The molecule has 2 atom stereocenters. The van der Waals surface area contributed by atoms with Crippen LogP contribution in [0.2, 0.25) is 0 Å². The van der Waals surface area contributed by atoms with E-state index in [2.05, 4.69) is 39.8 Å². The van der Waals surface area contributed by atoms with Crippen LogP contribution in [-0.2, 0) is 24.3 Å². The fourth-order valence-corrected chi connectivity index (χ4v) is 3.65. The quantitative estimate of drug-likeness (QED) is 0.892. The van der Waals surface area contributed by atoms with Crippen LogP contribution in [0.3, 0.4) is 0 Å². The molecule has 0 aromatic carbocycles. The summed E-state index contributed by atoms with van der Waals surface area (Å²) in [6.07, 6.45) is 1.81. The first-order valence-corrected chi connectivity index (χ1v) is 7.99. The molecule has 2 rings (SSSR count). The van der Waals surface area contributed by atoms with Crippen LogP contribution >= 0.6 is 15.9 Å². The summed E-state index contributed by atoms with van der Waals surface area (Å²) in [5, 5.41) is 14.0. The molecule has 1 saturated heterocycles. The van der Waals surface area contributed by atoms with E-state index in [-0.39, 0.29) is 12.0 Å². The van der Waals surface area contributed by atoms with Gasteiger partial charge >= 0.3 is 5.97 Å². The Balaban J connectivity index is 2.25. The maximum Gasteiger partial charge on any atom is 0.321 e. The highest BCUT2D eigenvalue weighted by molar-refractivity contribution is 9.10. The second kappa shape index (κ2) is 6.26. The molecule has 1 aliphatic rings. The number of nitrogens with zero attached hydrogens (tertiary/aromatic N) is 3. The van der Waals surface area contributed by atoms with E-state index in [0.717, 1.165) is 41.8 Å². The largest absolute Gasteiger partial charge is 0.480 e. The standard InChI is InChI=1S/C14H22BrN3O2/c1-4-10-12(15)11(18(5-2)16-10)8-17-7-6-9(3)13(17)14(19)20/h9,13H,4-8H2,1-3H3,(H,19,20). The monoisotopic (exact) mass is 343 g/mol. The Hall–Kier alpha value is -0.880. The van der Waals surface area contributed by atoms with Gasteiger partial charge in [0.15, 0.2) is 0 Å². The van der Waals surface area contributed by atoms with Gasteiger partial charge in [0.05, 0.1) is 15.9 Å². The highest BCUT2D eigenvalue weighted by Gasteiger charge is 2.37. The van der Waals surface area contributed by atoms with Gasteiger partial charge in [0.1, 0.15) is 6.04 Å². The van der Waals surface area contributed by atoms with Crippen molar-refractivity contribution in [3.05, 3.63) is 15.9 Å². The van der Waals surface area contributed by atoms with Crippen molar-refractivity contribution in [1.29, 1.82) is 0 Å². The second-order valence-electron chi connectivity index (χ2n) is 5.40. The lowest BCUT2D eigenvalue weighted by Gasteiger charge is -2.23. The number of aryl methyl sites for hydroxylation is 2. The Bertz CT molecular complexity index is 501. The zero-order valence-corrected chi connectivity index (χ0v) is 13.9. The van der Waals surface area contributed by atoms with Gasteiger partial charge in [0.2, 0.25) is 0 Å². The highest BCUT2D eigenvalue weighted by atomic mass is 79.9. The van der Waals surface area contributed by atoms with E-state index in [0.29, 0.717) is 6.54 Å². The summed E-state index contributed by atoms with van der Waals surface area (Å²) in [6, 6.07) is -0.382. The summed E-state index contributed by atoms with van der Waals surface area (Å²) in [4.78, 5) is 13.5. The molecule has 0 saturated carbocycles. The van der Waals surface area contributed by atoms with Gasteiger partial charge in [-0.3, -0.25) is 14.4 Å². The Morgan fingerprint density at radius 1 is 1.50 bits per heavy atom. The zero-order valence-electron chi connectivity index (χ0n) is 12.3. The van der Waals surface area contributed by atoms with Crippen LogP contribution in [0.15, 0.2) is 4.47 Å². The third-order valence-electron chi connectivity index (χ3n) is 4.10. The summed E-state index contributed by atoms with van der Waals surface area (Å²) >= 11 is 3.63. The van der Waals surface area contributed by atoms with E-state index in [1.165, 1.54) is 0 Å². The number of aromatic nitrogens is 2. The van der Waals surface area contributed by atoms with Gasteiger partial charge < -0.3 is 5.11 Å². The molecule has 1 aromatic heterocycles. The van der Waals surface area contributed by atoms with Gasteiger partial charge in [-0.15, -0.1) is 0 Å². The second-order valence-corrected chi connectivity index (χ2v) is 6.19. The first-order chi connectivity index (χ1) is 9.49. The number of aliphatic carboxylic acids is 1. The molecule has 0 radical (unpaired) electrons. The minimum Gasteiger partial charge on any atom is -0.480 e. The van der Waals surface area contributed by atoms with Crippen LogP contribution < -0.4 is 0 Å². The average molecular weight is 344 g/mol. The molecule has 2 heterocycles. The number of likely N-dealkylation sites (tertiary alicyclic amines) is 1. The van der Waals surface area contributed by atoms with E-state index in [1.807, 2.05) is 11.6 Å². The van der Waals surface area contributed by atoms with Crippen molar-refractivity contribution in [2.75, 3.05) is 6.54 Å². The summed E-state index contributed by atoms with van der Waals surface area (Å²) in [5.41, 5.74) is 2.13. The molecule has 20 heavy (non-hydrogen) atoms. The zero-order chi connectivity index (χ0) is 14.9. The minimum atomic E-state index is -0.718. The molecule has 1 aliphatic heterocycles. The van der Waals surface area contributed by atoms with Crippen molar-refractivity contribution < 1.29 is 9.90 Å². The van der Waals surface area contributed by atoms with E-state index in [4.69, 9.17) is 0 Å². The normalized spacial score (nSPS) is 23.4. The molecule has 0 bridgehead atoms. The van der Waals surface area contributed by atoms with Gasteiger partial charge in [-0.25, -0.2) is 0 Å². The molecule has 1 N–H and O–H groups in total. The number of halogens is 1. The lowest BCUT2D eigenvalue weighted by molar-refractivity contribution is -0.143. The number of carboxylic acid groups (broad SMARTS) is 1. The van der Waals surface area contributed by atoms with Crippen molar-refractivity contribution >= 4 is 21.9 Å².